The third-order valence-corrected chi connectivity index (χ3v) is 3.51. The van der Waals surface area contributed by atoms with Crippen molar-refractivity contribution >= 4 is 16.6 Å². The molecule has 0 atom stereocenters. The molecule has 2 nitrogen and oxygen atoms in total. The predicted molar refractivity (Wildman–Crippen MR) is 72.3 cm³/mol. The standard InChI is InChI=1S/C15H15FN2/c1-11-6-9-18(10-7-11)14-5-4-13(16)12-3-2-8-17-15(12)14/h2-5,8H,1,6-7,9-10H2. The van der Waals surface area contributed by atoms with Gasteiger partial charge >= 0.3 is 0 Å². The summed E-state index contributed by atoms with van der Waals surface area (Å²) in [5.74, 6) is -0.205. The van der Waals surface area contributed by atoms with E-state index in [1.807, 2.05) is 6.07 Å². The minimum Gasteiger partial charge on any atom is -0.369 e. The molecule has 0 radical (unpaired) electrons. The van der Waals surface area contributed by atoms with Crippen LogP contribution >= 0.6 is 0 Å². The van der Waals surface area contributed by atoms with Crippen LogP contribution in [0.2, 0.25) is 0 Å². The zero-order chi connectivity index (χ0) is 12.5. The first-order chi connectivity index (χ1) is 8.75. The number of pyridine rings is 1. The number of rotatable bonds is 1. The highest BCUT2D eigenvalue weighted by Gasteiger charge is 2.16. The van der Waals surface area contributed by atoms with Gasteiger partial charge in [0.05, 0.1) is 11.2 Å². The molecule has 0 saturated carbocycles. The Kier molecular flexibility index (Phi) is 2.74. The first-order valence-corrected chi connectivity index (χ1v) is 6.20. The first-order valence-electron chi connectivity index (χ1n) is 6.20. The molecule has 0 N–H and O–H groups in total. The Bertz CT molecular complexity index is 596. The van der Waals surface area contributed by atoms with Gasteiger partial charge in [0.1, 0.15) is 5.82 Å². The zero-order valence-electron chi connectivity index (χ0n) is 10.2. The van der Waals surface area contributed by atoms with Crippen LogP contribution in [0, 0.1) is 5.82 Å². The predicted octanol–water partition coefficient (Wildman–Crippen LogP) is 3.53. The number of nitrogens with zero attached hydrogens (tertiary/aromatic N) is 2. The minimum absolute atomic E-state index is 0.205. The molecule has 1 aromatic carbocycles. The molecule has 1 aliphatic rings. The molecule has 1 aromatic heterocycles. The lowest BCUT2D eigenvalue weighted by Crippen LogP contribution is -2.30. The maximum absolute atomic E-state index is 13.7. The molecule has 3 heteroatoms. The molecule has 2 heterocycles. The number of hydrogen-bond acceptors (Lipinski definition) is 2. The van der Waals surface area contributed by atoms with Gasteiger partial charge in [-0.05, 0) is 37.1 Å². The number of piperidine rings is 1. The molecule has 1 aliphatic heterocycles. The Morgan fingerprint density at radius 1 is 1.17 bits per heavy atom. The van der Waals surface area contributed by atoms with E-state index < -0.39 is 0 Å². The van der Waals surface area contributed by atoms with Gasteiger partial charge in [0.15, 0.2) is 0 Å². The summed E-state index contributed by atoms with van der Waals surface area (Å²) >= 11 is 0. The molecule has 3 rings (SSSR count). The van der Waals surface area contributed by atoms with Crippen molar-refractivity contribution in [2.24, 2.45) is 0 Å². The number of halogens is 1. The second-order valence-corrected chi connectivity index (χ2v) is 4.70. The van der Waals surface area contributed by atoms with Crippen molar-refractivity contribution < 1.29 is 4.39 Å². The lowest BCUT2D eigenvalue weighted by molar-refractivity contribution is 0.638. The Hall–Kier alpha value is -1.90. The van der Waals surface area contributed by atoms with Crippen LogP contribution in [0.25, 0.3) is 10.9 Å². The van der Waals surface area contributed by atoms with Crippen molar-refractivity contribution in [2.45, 2.75) is 12.8 Å². The van der Waals surface area contributed by atoms with Crippen molar-refractivity contribution in [2.75, 3.05) is 18.0 Å². The van der Waals surface area contributed by atoms with Crippen LogP contribution in [-0.4, -0.2) is 18.1 Å². The van der Waals surface area contributed by atoms with E-state index in [0.29, 0.717) is 5.39 Å². The summed E-state index contributed by atoms with van der Waals surface area (Å²) in [6, 6.07) is 6.92. The van der Waals surface area contributed by atoms with Crippen molar-refractivity contribution in [1.82, 2.24) is 4.98 Å². The summed E-state index contributed by atoms with van der Waals surface area (Å²) in [5.41, 5.74) is 3.08. The monoisotopic (exact) mass is 242 g/mol. The fourth-order valence-corrected chi connectivity index (χ4v) is 2.44. The lowest BCUT2D eigenvalue weighted by atomic mass is 10.0. The van der Waals surface area contributed by atoms with Crippen LogP contribution in [0.5, 0.6) is 0 Å². The van der Waals surface area contributed by atoms with E-state index in [0.717, 1.165) is 37.1 Å². The highest BCUT2D eigenvalue weighted by molar-refractivity contribution is 5.91. The van der Waals surface area contributed by atoms with Crippen molar-refractivity contribution in [3.63, 3.8) is 0 Å². The summed E-state index contributed by atoms with van der Waals surface area (Å²) < 4.78 is 13.7. The normalized spacial score (nSPS) is 16.3. The van der Waals surface area contributed by atoms with E-state index in [1.54, 1.807) is 18.3 Å². The van der Waals surface area contributed by atoms with E-state index in [2.05, 4.69) is 16.5 Å². The van der Waals surface area contributed by atoms with E-state index >= 15 is 0 Å². The number of benzene rings is 1. The van der Waals surface area contributed by atoms with Gasteiger partial charge in [-0.15, -0.1) is 0 Å². The quantitative estimate of drug-likeness (QED) is 0.711. The molecule has 2 aromatic rings. The summed E-state index contributed by atoms with van der Waals surface area (Å²) in [4.78, 5) is 6.60. The highest BCUT2D eigenvalue weighted by atomic mass is 19.1. The molecule has 1 saturated heterocycles. The van der Waals surface area contributed by atoms with Crippen LogP contribution in [-0.2, 0) is 0 Å². The maximum Gasteiger partial charge on any atom is 0.132 e. The molecular formula is C15H15FN2. The molecule has 0 bridgehead atoms. The number of fused-ring (bicyclic) bond motifs is 1. The average Bonchev–Trinajstić information content (AvgIpc) is 2.41. The van der Waals surface area contributed by atoms with Crippen LogP contribution in [0.1, 0.15) is 12.8 Å². The van der Waals surface area contributed by atoms with Crippen molar-refractivity contribution in [3.8, 4) is 0 Å². The van der Waals surface area contributed by atoms with Crippen LogP contribution < -0.4 is 4.90 Å². The van der Waals surface area contributed by atoms with Gasteiger partial charge in [0.2, 0.25) is 0 Å². The van der Waals surface area contributed by atoms with Gasteiger partial charge in [-0.2, -0.15) is 0 Å². The number of anilines is 1. The van der Waals surface area contributed by atoms with Crippen molar-refractivity contribution in [3.05, 3.63) is 48.4 Å². The second-order valence-electron chi connectivity index (χ2n) is 4.70. The third kappa shape index (κ3) is 1.86. The zero-order valence-corrected chi connectivity index (χ0v) is 10.2. The fraction of sp³-hybridized carbons (Fsp3) is 0.267. The van der Waals surface area contributed by atoms with Gasteiger partial charge in [-0.25, -0.2) is 4.39 Å². The molecule has 0 spiro atoms. The molecular weight excluding hydrogens is 227 g/mol. The molecule has 1 fully saturated rings. The Balaban J connectivity index is 2.07. The van der Waals surface area contributed by atoms with E-state index in [-0.39, 0.29) is 5.82 Å². The van der Waals surface area contributed by atoms with Crippen LogP contribution in [0.15, 0.2) is 42.6 Å². The second kappa shape index (κ2) is 4.41. The Labute approximate surface area is 106 Å². The SMILES string of the molecule is C=C1CCN(c2ccc(F)c3cccnc23)CC1. The smallest absolute Gasteiger partial charge is 0.132 e. The molecule has 92 valence electrons. The van der Waals surface area contributed by atoms with Gasteiger partial charge in [0, 0.05) is 24.7 Å². The van der Waals surface area contributed by atoms with Gasteiger partial charge < -0.3 is 4.90 Å². The summed E-state index contributed by atoms with van der Waals surface area (Å²) in [6.07, 6.45) is 3.73. The van der Waals surface area contributed by atoms with Crippen LogP contribution in [0.3, 0.4) is 0 Å². The maximum atomic E-state index is 13.7. The van der Waals surface area contributed by atoms with E-state index in [1.165, 1.54) is 11.6 Å². The highest BCUT2D eigenvalue weighted by Crippen LogP contribution is 2.29. The summed E-state index contributed by atoms with van der Waals surface area (Å²) in [7, 11) is 0. The summed E-state index contributed by atoms with van der Waals surface area (Å²) in [5, 5.41) is 0.597. The van der Waals surface area contributed by atoms with Gasteiger partial charge in [-0.1, -0.05) is 12.2 Å². The third-order valence-electron chi connectivity index (χ3n) is 3.51. The number of hydrogen-bond donors (Lipinski definition) is 0. The molecule has 18 heavy (non-hydrogen) atoms. The van der Waals surface area contributed by atoms with Gasteiger partial charge in [-0.3, -0.25) is 4.98 Å². The number of aromatic nitrogens is 1. The van der Waals surface area contributed by atoms with E-state index in [9.17, 15) is 4.39 Å². The van der Waals surface area contributed by atoms with E-state index in [4.69, 9.17) is 0 Å². The lowest BCUT2D eigenvalue weighted by Gasteiger charge is -2.30. The largest absolute Gasteiger partial charge is 0.369 e. The van der Waals surface area contributed by atoms with Gasteiger partial charge in [0.25, 0.3) is 0 Å². The average molecular weight is 242 g/mol. The molecule has 0 aliphatic carbocycles. The molecule has 0 unspecified atom stereocenters. The Morgan fingerprint density at radius 3 is 2.72 bits per heavy atom. The minimum atomic E-state index is -0.205. The summed E-state index contributed by atoms with van der Waals surface area (Å²) in [6.45, 7) is 5.90. The van der Waals surface area contributed by atoms with Crippen molar-refractivity contribution in [1.29, 1.82) is 0 Å². The van der Waals surface area contributed by atoms with Crippen LogP contribution in [0.4, 0.5) is 10.1 Å². The fourth-order valence-electron chi connectivity index (χ4n) is 2.44. The topological polar surface area (TPSA) is 16.1 Å². The first kappa shape index (κ1) is 11.2. The molecule has 0 amide bonds. The Morgan fingerprint density at radius 2 is 1.94 bits per heavy atom.